The monoisotopic (exact) mass is 484 g/mol. The maximum absolute atomic E-state index is 12.9. The Kier molecular flexibility index (Phi) is 6.43. The normalized spacial score (nSPS) is 13.6. The van der Waals surface area contributed by atoms with Gasteiger partial charge in [-0.05, 0) is 68.8 Å². The lowest BCUT2D eigenvalue weighted by atomic mass is 10.1. The Hall–Kier alpha value is -2.94. The van der Waals surface area contributed by atoms with Crippen molar-refractivity contribution in [1.82, 2.24) is 14.5 Å². The van der Waals surface area contributed by atoms with Gasteiger partial charge in [0.05, 0.1) is 17.1 Å². The second kappa shape index (κ2) is 9.13. The van der Waals surface area contributed by atoms with Gasteiger partial charge in [-0.1, -0.05) is 29.8 Å². The zero-order chi connectivity index (χ0) is 23.8. The van der Waals surface area contributed by atoms with Gasteiger partial charge in [0.1, 0.15) is 0 Å². The van der Waals surface area contributed by atoms with Crippen LogP contribution in [0.15, 0.2) is 53.4 Å². The van der Waals surface area contributed by atoms with Crippen LogP contribution in [0.4, 0.5) is 5.69 Å². The molecule has 0 aliphatic carbocycles. The van der Waals surface area contributed by atoms with Crippen LogP contribution < -0.4 is 9.62 Å². The molecule has 0 saturated carbocycles. The van der Waals surface area contributed by atoms with Gasteiger partial charge in [0, 0.05) is 34.6 Å². The number of sulfonamides is 1. The van der Waals surface area contributed by atoms with Crippen LogP contribution in [0.3, 0.4) is 0 Å². The number of halogens is 1. The van der Waals surface area contributed by atoms with Crippen molar-refractivity contribution in [2.45, 2.75) is 31.7 Å². The van der Waals surface area contributed by atoms with Gasteiger partial charge in [-0.15, -0.1) is 0 Å². The number of nitrogens with zero attached hydrogens (tertiary/aromatic N) is 3. The van der Waals surface area contributed by atoms with E-state index in [-0.39, 0.29) is 10.8 Å². The van der Waals surface area contributed by atoms with E-state index >= 15 is 0 Å². The fourth-order valence-electron chi connectivity index (χ4n) is 4.03. The number of fused-ring (bicyclic) bond motifs is 1. The third-order valence-electron chi connectivity index (χ3n) is 5.90. The van der Waals surface area contributed by atoms with Crippen molar-refractivity contribution in [1.29, 1.82) is 0 Å². The Morgan fingerprint density at radius 3 is 2.70 bits per heavy atom. The van der Waals surface area contributed by atoms with E-state index in [2.05, 4.69) is 9.82 Å². The Morgan fingerprint density at radius 2 is 1.97 bits per heavy atom. The molecule has 0 saturated heterocycles. The molecule has 7 nitrogen and oxygen atoms in total. The molecule has 1 aliphatic rings. The molecule has 3 aromatic rings. The highest BCUT2D eigenvalue weighted by Gasteiger charge is 2.25. The molecule has 9 heteroatoms. The first-order valence-electron chi connectivity index (χ1n) is 10.5. The highest BCUT2D eigenvalue weighted by atomic mass is 35.5. The van der Waals surface area contributed by atoms with E-state index < -0.39 is 10.0 Å². The van der Waals surface area contributed by atoms with Crippen molar-refractivity contribution in [3.05, 3.63) is 81.6 Å². The molecule has 0 radical (unpaired) electrons. The average molecular weight is 485 g/mol. The molecule has 0 atom stereocenters. The van der Waals surface area contributed by atoms with E-state index in [1.807, 2.05) is 42.8 Å². The van der Waals surface area contributed by atoms with Crippen LogP contribution in [0.2, 0.25) is 5.02 Å². The van der Waals surface area contributed by atoms with Crippen LogP contribution in [0.5, 0.6) is 0 Å². The molecule has 1 aromatic heterocycles. The summed E-state index contributed by atoms with van der Waals surface area (Å²) in [6, 6.07) is 12.5. The predicted molar refractivity (Wildman–Crippen MR) is 130 cm³/mol. The summed E-state index contributed by atoms with van der Waals surface area (Å²) in [5, 5.41) is 5.31. The smallest absolute Gasteiger partial charge is 0.251 e. The number of benzene rings is 2. The molecule has 1 N–H and O–H groups in total. The molecule has 4 rings (SSSR count). The number of carbonyl (C=O) groups is 1. The molecule has 2 aromatic carbocycles. The number of rotatable bonds is 6. The minimum absolute atomic E-state index is 0.157. The molecule has 33 heavy (non-hydrogen) atoms. The predicted octanol–water partition coefficient (Wildman–Crippen LogP) is 3.71. The number of hydrogen-bond donors (Lipinski definition) is 1. The van der Waals surface area contributed by atoms with E-state index in [1.54, 1.807) is 29.2 Å². The Bertz CT molecular complexity index is 1360. The molecule has 0 spiro atoms. The van der Waals surface area contributed by atoms with Gasteiger partial charge in [-0.25, -0.2) is 13.1 Å². The summed E-state index contributed by atoms with van der Waals surface area (Å²) < 4.78 is 28.3. The summed E-state index contributed by atoms with van der Waals surface area (Å²) >= 11 is 6.29. The van der Waals surface area contributed by atoms with Gasteiger partial charge >= 0.3 is 0 Å². The molecule has 172 valence electrons. The van der Waals surface area contributed by atoms with Crippen LogP contribution >= 0.6 is 11.6 Å². The minimum Gasteiger partial charge on any atom is -0.308 e. The molecule has 0 fully saturated rings. The molecule has 1 amide bonds. The lowest BCUT2D eigenvalue weighted by Crippen LogP contribution is -2.26. The average Bonchev–Trinajstić information content (AvgIpc) is 3.34. The second-order valence-corrected chi connectivity index (χ2v) is 10.2. The number of anilines is 1. The fourth-order valence-corrected chi connectivity index (χ4v) is 5.01. The van der Waals surface area contributed by atoms with Crippen molar-refractivity contribution in [3.63, 3.8) is 0 Å². The van der Waals surface area contributed by atoms with E-state index in [4.69, 9.17) is 11.6 Å². The van der Waals surface area contributed by atoms with E-state index in [0.717, 1.165) is 33.8 Å². The summed E-state index contributed by atoms with van der Waals surface area (Å²) in [5.41, 5.74) is 5.22. The zero-order valence-electron chi connectivity index (χ0n) is 18.7. The molecular weight excluding hydrogens is 460 g/mol. The largest absolute Gasteiger partial charge is 0.308 e. The maximum atomic E-state index is 12.9. The molecule has 0 bridgehead atoms. The SMILES string of the molecule is CNS(=O)(=O)c1ccc2c(c1)CCN2C(=O)C=Cc1c(C)nn(Cc2ccccc2Cl)c1C. The van der Waals surface area contributed by atoms with E-state index in [9.17, 15) is 13.2 Å². The summed E-state index contributed by atoms with van der Waals surface area (Å²) in [7, 11) is -2.14. The lowest BCUT2D eigenvalue weighted by Gasteiger charge is -2.15. The van der Waals surface area contributed by atoms with Gasteiger partial charge < -0.3 is 4.90 Å². The van der Waals surface area contributed by atoms with Gasteiger partial charge in [0.2, 0.25) is 10.0 Å². The van der Waals surface area contributed by atoms with Crippen molar-refractivity contribution < 1.29 is 13.2 Å². The Labute approximate surface area is 198 Å². The first-order chi connectivity index (χ1) is 15.7. The van der Waals surface area contributed by atoms with Crippen LogP contribution in [-0.2, 0) is 27.8 Å². The summed E-state index contributed by atoms with van der Waals surface area (Å²) in [4.78, 5) is 14.8. The van der Waals surface area contributed by atoms with Crippen molar-refractivity contribution in [2.24, 2.45) is 0 Å². The third-order valence-corrected chi connectivity index (χ3v) is 7.68. The lowest BCUT2D eigenvalue weighted by molar-refractivity contribution is -0.114. The number of hydrogen-bond acceptors (Lipinski definition) is 4. The van der Waals surface area contributed by atoms with E-state index in [1.165, 1.54) is 13.1 Å². The number of aryl methyl sites for hydroxylation is 1. The third kappa shape index (κ3) is 4.59. The first kappa shape index (κ1) is 23.2. The maximum Gasteiger partial charge on any atom is 0.251 e. The van der Waals surface area contributed by atoms with Crippen LogP contribution in [0.25, 0.3) is 6.08 Å². The van der Waals surface area contributed by atoms with E-state index in [0.29, 0.717) is 24.5 Å². The van der Waals surface area contributed by atoms with Crippen molar-refractivity contribution in [3.8, 4) is 0 Å². The Balaban J connectivity index is 1.54. The number of aromatic nitrogens is 2. The molecular formula is C24H25ClN4O3S. The number of carbonyl (C=O) groups excluding carboxylic acids is 1. The van der Waals surface area contributed by atoms with Crippen molar-refractivity contribution in [2.75, 3.05) is 18.5 Å². The minimum atomic E-state index is -3.52. The van der Waals surface area contributed by atoms with Crippen LogP contribution in [0.1, 0.15) is 28.1 Å². The summed E-state index contributed by atoms with van der Waals surface area (Å²) in [6.07, 6.45) is 3.95. The first-order valence-corrected chi connectivity index (χ1v) is 12.4. The van der Waals surface area contributed by atoms with Gasteiger partial charge in [-0.2, -0.15) is 5.10 Å². The fraction of sp³-hybridized carbons (Fsp3) is 0.250. The quantitative estimate of drug-likeness (QED) is 0.540. The van der Waals surface area contributed by atoms with Crippen molar-refractivity contribution >= 4 is 39.3 Å². The zero-order valence-corrected chi connectivity index (χ0v) is 20.2. The standard InChI is InChI=1S/C24H25ClN4O3S/c1-16-21(17(2)29(27-16)15-19-6-4-5-7-22(19)25)9-11-24(30)28-13-12-18-14-20(8-10-23(18)28)33(31,32)26-3/h4-11,14,26H,12-13,15H2,1-3H3. The highest BCUT2D eigenvalue weighted by Crippen LogP contribution is 2.30. The Morgan fingerprint density at radius 1 is 1.21 bits per heavy atom. The number of amides is 1. The van der Waals surface area contributed by atoms with Gasteiger partial charge in [0.15, 0.2) is 0 Å². The summed E-state index contributed by atoms with van der Waals surface area (Å²) in [5.74, 6) is -0.157. The van der Waals surface area contributed by atoms with Gasteiger partial charge in [0.25, 0.3) is 5.91 Å². The molecule has 0 unspecified atom stereocenters. The molecule has 1 aliphatic heterocycles. The summed E-state index contributed by atoms with van der Waals surface area (Å²) in [6.45, 7) is 4.93. The second-order valence-electron chi connectivity index (χ2n) is 7.90. The highest BCUT2D eigenvalue weighted by molar-refractivity contribution is 7.89. The van der Waals surface area contributed by atoms with Crippen LogP contribution in [-0.4, -0.2) is 37.7 Å². The number of nitrogens with one attached hydrogen (secondary N) is 1. The van der Waals surface area contributed by atoms with Gasteiger partial charge in [-0.3, -0.25) is 9.48 Å². The topological polar surface area (TPSA) is 84.3 Å². The molecule has 2 heterocycles. The van der Waals surface area contributed by atoms with Crippen LogP contribution in [0, 0.1) is 13.8 Å².